The van der Waals surface area contributed by atoms with Crippen LogP contribution >= 0.6 is 0 Å². The summed E-state index contributed by atoms with van der Waals surface area (Å²) in [7, 11) is -3.10. The molecule has 1 fully saturated rings. The Balaban J connectivity index is 2.01. The maximum Gasteiger partial charge on any atom is 0.338 e. The first-order valence-corrected chi connectivity index (χ1v) is 11.6. The van der Waals surface area contributed by atoms with Gasteiger partial charge in [-0.25, -0.2) is 13.2 Å². The van der Waals surface area contributed by atoms with E-state index in [4.69, 9.17) is 4.74 Å². The molecule has 0 aliphatic carbocycles. The maximum atomic E-state index is 12.7. The molecule has 2 rings (SSSR count). The van der Waals surface area contributed by atoms with Gasteiger partial charge in [-0.15, -0.1) is 0 Å². The maximum absolute atomic E-state index is 12.7. The lowest BCUT2D eigenvalue weighted by Crippen LogP contribution is -2.46. The molecule has 2 atom stereocenters. The highest BCUT2D eigenvalue weighted by molar-refractivity contribution is 7.91. The summed E-state index contributed by atoms with van der Waals surface area (Å²) >= 11 is 0. The Morgan fingerprint density at radius 3 is 2.18 bits per heavy atom. The van der Waals surface area contributed by atoms with Crippen molar-refractivity contribution in [2.75, 3.05) is 36.0 Å². The number of rotatable bonds is 8. The highest BCUT2D eigenvalue weighted by Gasteiger charge is 2.36. The molecule has 1 heterocycles. The van der Waals surface area contributed by atoms with Crippen molar-refractivity contribution in [1.82, 2.24) is 4.90 Å². The van der Waals surface area contributed by atoms with E-state index >= 15 is 0 Å². The standard InChI is InChI=1S/C20H30N2O5S/c1-5-21(6-2)17-10-8-16(9-11-17)20(24)27-15(4)19(23)22(7-3)18-12-13-28(25,26)14-18/h8-11,15,18H,5-7,12-14H2,1-4H3/t15-,18-/m1/s1. The summed E-state index contributed by atoms with van der Waals surface area (Å²) in [6.45, 7) is 9.56. The van der Waals surface area contributed by atoms with Crippen molar-refractivity contribution in [3.8, 4) is 0 Å². The first kappa shape index (κ1) is 22.2. The Morgan fingerprint density at radius 1 is 1.11 bits per heavy atom. The van der Waals surface area contributed by atoms with Gasteiger partial charge in [0.05, 0.1) is 17.1 Å². The minimum atomic E-state index is -3.10. The average Bonchev–Trinajstić information content (AvgIpc) is 3.03. The van der Waals surface area contributed by atoms with Crippen molar-refractivity contribution in [2.45, 2.75) is 46.3 Å². The number of ether oxygens (including phenoxy) is 1. The number of anilines is 1. The van der Waals surface area contributed by atoms with E-state index < -0.39 is 21.9 Å². The van der Waals surface area contributed by atoms with Gasteiger partial charge in [0.25, 0.3) is 5.91 Å². The summed E-state index contributed by atoms with van der Waals surface area (Å²) in [5, 5.41) is 0. The summed E-state index contributed by atoms with van der Waals surface area (Å²) in [4.78, 5) is 28.8. The molecule has 1 aromatic carbocycles. The summed E-state index contributed by atoms with van der Waals surface area (Å²) in [5.41, 5.74) is 1.40. The van der Waals surface area contributed by atoms with Crippen LogP contribution in [-0.4, -0.2) is 68.5 Å². The van der Waals surface area contributed by atoms with Gasteiger partial charge in [0, 0.05) is 31.4 Å². The number of sulfone groups is 1. The van der Waals surface area contributed by atoms with Crippen LogP contribution in [0.25, 0.3) is 0 Å². The van der Waals surface area contributed by atoms with E-state index in [-0.39, 0.29) is 23.5 Å². The summed E-state index contributed by atoms with van der Waals surface area (Å²) < 4.78 is 28.8. The molecule has 0 spiro atoms. The summed E-state index contributed by atoms with van der Waals surface area (Å²) in [6, 6.07) is 6.75. The van der Waals surface area contributed by atoms with Crippen LogP contribution in [0.5, 0.6) is 0 Å². The van der Waals surface area contributed by atoms with Crippen molar-refractivity contribution in [3.63, 3.8) is 0 Å². The van der Waals surface area contributed by atoms with E-state index in [9.17, 15) is 18.0 Å². The molecule has 1 aliphatic rings. The van der Waals surface area contributed by atoms with Crippen LogP contribution < -0.4 is 4.90 Å². The van der Waals surface area contributed by atoms with E-state index in [1.54, 1.807) is 19.1 Å². The topological polar surface area (TPSA) is 84.0 Å². The summed E-state index contributed by atoms with van der Waals surface area (Å²) in [6.07, 6.45) is -0.548. The van der Waals surface area contributed by atoms with Crippen molar-refractivity contribution >= 4 is 27.4 Å². The third-order valence-electron chi connectivity index (χ3n) is 5.14. The van der Waals surface area contributed by atoms with Gasteiger partial charge in [-0.05, 0) is 58.4 Å². The summed E-state index contributed by atoms with van der Waals surface area (Å²) in [5.74, 6) is -0.867. The molecule has 156 valence electrons. The molecule has 1 saturated heterocycles. The molecule has 0 radical (unpaired) electrons. The highest BCUT2D eigenvalue weighted by Crippen LogP contribution is 2.20. The number of amides is 1. The van der Waals surface area contributed by atoms with E-state index in [0.29, 0.717) is 18.5 Å². The molecule has 1 aliphatic heterocycles. The first-order valence-electron chi connectivity index (χ1n) is 9.79. The van der Waals surface area contributed by atoms with Gasteiger partial charge in [-0.3, -0.25) is 4.79 Å². The third-order valence-corrected chi connectivity index (χ3v) is 6.89. The van der Waals surface area contributed by atoms with Crippen LogP contribution in [0.15, 0.2) is 24.3 Å². The van der Waals surface area contributed by atoms with Gasteiger partial charge in [0.15, 0.2) is 15.9 Å². The Bertz CT molecular complexity index is 787. The van der Waals surface area contributed by atoms with Gasteiger partial charge in [0.1, 0.15) is 0 Å². The fraction of sp³-hybridized carbons (Fsp3) is 0.600. The number of carbonyl (C=O) groups is 2. The van der Waals surface area contributed by atoms with Gasteiger partial charge in [0.2, 0.25) is 0 Å². The average molecular weight is 411 g/mol. The lowest BCUT2D eigenvalue weighted by Gasteiger charge is -2.29. The number of hydrogen-bond donors (Lipinski definition) is 0. The monoisotopic (exact) mass is 410 g/mol. The molecule has 0 saturated carbocycles. The second-order valence-electron chi connectivity index (χ2n) is 6.95. The van der Waals surface area contributed by atoms with Crippen LogP contribution in [0.4, 0.5) is 5.69 Å². The van der Waals surface area contributed by atoms with Gasteiger partial charge < -0.3 is 14.5 Å². The fourth-order valence-corrected chi connectivity index (χ4v) is 5.26. The minimum absolute atomic E-state index is 0.0277. The van der Waals surface area contributed by atoms with E-state index in [2.05, 4.69) is 18.7 Å². The number of benzene rings is 1. The Kier molecular flexibility index (Phi) is 7.46. The number of esters is 1. The second kappa shape index (κ2) is 9.41. The van der Waals surface area contributed by atoms with Crippen molar-refractivity contribution in [3.05, 3.63) is 29.8 Å². The normalized spacial score (nSPS) is 19.1. The van der Waals surface area contributed by atoms with Crippen molar-refractivity contribution in [2.24, 2.45) is 0 Å². The number of nitrogens with zero attached hydrogens (tertiary/aromatic N) is 2. The minimum Gasteiger partial charge on any atom is -0.449 e. The van der Waals surface area contributed by atoms with Crippen LogP contribution in [-0.2, 0) is 19.4 Å². The van der Waals surface area contributed by atoms with Crippen LogP contribution in [0.3, 0.4) is 0 Å². The zero-order valence-corrected chi connectivity index (χ0v) is 17.9. The SMILES string of the molecule is CCN(CC)c1ccc(C(=O)O[C@H](C)C(=O)N(CC)[C@@H]2CCS(=O)(=O)C2)cc1. The van der Waals surface area contributed by atoms with Gasteiger partial charge >= 0.3 is 5.97 Å². The lowest BCUT2D eigenvalue weighted by molar-refractivity contribution is -0.141. The van der Waals surface area contributed by atoms with E-state index in [0.717, 1.165) is 18.8 Å². The first-order chi connectivity index (χ1) is 13.2. The molecule has 0 aromatic heterocycles. The lowest BCUT2D eigenvalue weighted by atomic mass is 10.2. The molecule has 1 aromatic rings. The zero-order chi connectivity index (χ0) is 20.9. The van der Waals surface area contributed by atoms with E-state index in [1.807, 2.05) is 12.1 Å². The molecule has 0 bridgehead atoms. The smallest absolute Gasteiger partial charge is 0.338 e. The Morgan fingerprint density at radius 2 is 1.71 bits per heavy atom. The Hall–Kier alpha value is -2.09. The molecular formula is C20H30N2O5S. The quantitative estimate of drug-likeness (QED) is 0.611. The van der Waals surface area contributed by atoms with Crippen molar-refractivity contribution < 1.29 is 22.7 Å². The molecule has 28 heavy (non-hydrogen) atoms. The van der Waals surface area contributed by atoms with E-state index in [1.165, 1.54) is 11.8 Å². The number of carbonyl (C=O) groups excluding carboxylic acids is 2. The third kappa shape index (κ3) is 5.25. The van der Waals surface area contributed by atoms with Crippen molar-refractivity contribution in [1.29, 1.82) is 0 Å². The number of likely N-dealkylation sites (N-methyl/N-ethyl adjacent to an activating group) is 1. The molecule has 0 N–H and O–H groups in total. The molecular weight excluding hydrogens is 380 g/mol. The fourth-order valence-electron chi connectivity index (χ4n) is 3.52. The molecule has 1 amide bonds. The predicted molar refractivity (Wildman–Crippen MR) is 109 cm³/mol. The molecule has 7 nitrogen and oxygen atoms in total. The second-order valence-corrected chi connectivity index (χ2v) is 9.18. The van der Waals surface area contributed by atoms with Gasteiger partial charge in [-0.2, -0.15) is 0 Å². The zero-order valence-electron chi connectivity index (χ0n) is 17.1. The molecule has 0 unspecified atom stereocenters. The van der Waals surface area contributed by atoms with Crippen LogP contribution in [0, 0.1) is 0 Å². The number of hydrogen-bond acceptors (Lipinski definition) is 6. The highest BCUT2D eigenvalue weighted by atomic mass is 32.2. The predicted octanol–water partition coefficient (Wildman–Crippen LogP) is 2.11. The Labute approximate surface area is 167 Å². The van der Waals surface area contributed by atoms with Crippen LogP contribution in [0.2, 0.25) is 0 Å². The van der Waals surface area contributed by atoms with Crippen LogP contribution in [0.1, 0.15) is 44.5 Å². The molecule has 8 heteroatoms. The van der Waals surface area contributed by atoms with Gasteiger partial charge in [-0.1, -0.05) is 0 Å². The largest absolute Gasteiger partial charge is 0.449 e.